The van der Waals surface area contributed by atoms with E-state index in [0.29, 0.717) is 23.6 Å². The van der Waals surface area contributed by atoms with Crippen LogP contribution in [0.25, 0.3) is 0 Å². The number of amides is 1. The summed E-state index contributed by atoms with van der Waals surface area (Å²) in [5.41, 5.74) is 1.35. The van der Waals surface area contributed by atoms with Crippen molar-refractivity contribution in [3.63, 3.8) is 0 Å². The molecule has 31 heavy (non-hydrogen) atoms. The largest absolute Gasteiger partial charge is 0.454 e. The first-order chi connectivity index (χ1) is 15.0. The summed E-state index contributed by atoms with van der Waals surface area (Å²) in [7, 11) is 0. The van der Waals surface area contributed by atoms with Crippen LogP contribution in [-0.2, 0) is 6.54 Å². The van der Waals surface area contributed by atoms with Crippen molar-refractivity contribution in [1.29, 1.82) is 0 Å². The van der Waals surface area contributed by atoms with Gasteiger partial charge in [-0.2, -0.15) is 0 Å². The Hall–Kier alpha value is -3.33. The van der Waals surface area contributed by atoms with E-state index in [1.54, 1.807) is 18.2 Å². The monoisotopic (exact) mass is 429 g/mol. The van der Waals surface area contributed by atoms with Crippen molar-refractivity contribution in [3.8, 4) is 11.5 Å². The fourth-order valence-electron chi connectivity index (χ4n) is 3.40. The Morgan fingerprint density at radius 1 is 1.19 bits per heavy atom. The minimum absolute atomic E-state index is 0.0139. The molecule has 0 fully saturated rings. The van der Waals surface area contributed by atoms with Crippen LogP contribution in [0.15, 0.2) is 36.4 Å². The number of nitrogens with zero attached hydrogens (tertiary/aromatic N) is 1. The molecule has 0 aliphatic carbocycles. The van der Waals surface area contributed by atoms with Crippen LogP contribution in [0, 0.1) is 10.1 Å². The highest BCUT2D eigenvalue weighted by atomic mass is 16.7. The van der Waals surface area contributed by atoms with Gasteiger partial charge in [0.05, 0.1) is 10.5 Å². The molecule has 0 saturated heterocycles. The number of nitro groups is 1. The zero-order chi connectivity index (χ0) is 22.2. The molecule has 0 bridgehead atoms. The number of aliphatic hydroxyl groups excluding tert-OH is 1. The average molecular weight is 429 g/mol. The van der Waals surface area contributed by atoms with Gasteiger partial charge in [-0.1, -0.05) is 25.8 Å². The number of rotatable bonds is 11. The molecule has 1 atom stereocenters. The second kappa shape index (κ2) is 10.6. The molecule has 9 nitrogen and oxygen atoms in total. The predicted octanol–water partition coefficient (Wildman–Crippen LogP) is 3.61. The van der Waals surface area contributed by atoms with Crippen LogP contribution in [-0.4, -0.2) is 35.4 Å². The maximum atomic E-state index is 12.9. The standard InChI is InChI=1S/C22H27N3O6/c1-2-3-4-16(9-10-26)24-19-7-6-17(25(28)29)12-18(19)22(27)23-13-15-5-8-20-21(11-15)31-14-30-20/h5-8,11-12,16,24,26H,2-4,9-10,13-14H2,1H3,(H,23,27). The second-order valence-electron chi connectivity index (χ2n) is 7.35. The van der Waals surface area contributed by atoms with Crippen molar-refractivity contribution in [3.05, 3.63) is 57.6 Å². The van der Waals surface area contributed by atoms with Gasteiger partial charge in [0.15, 0.2) is 11.5 Å². The first kappa shape index (κ1) is 22.4. The van der Waals surface area contributed by atoms with E-state index < -0.39 is 10.8 Å². The fourth-order valence-corrected chi connectivity index (χ4v) is 3.40. The van der Waals surface area contributed by atoms with Crippen LogP contribution in [0.2, 0.25) is 0 Å². The quantitative estimate of drug-likeness (QED) is 0.368. The lowest BCUT2D eigenvalue weighted by Crippen LogP contribution is -2.27. The number of anilines is 1. The van der Waals surface area contributed by atoms with Crippen molar-refractivity contribution in [2.75, 3.05) is 18.7 Å². The summed E-state index contributed by atoms with van der Waals surface area (Å²) in [4.78, 5) is 23.6. The molecule has 3 rings (SSSR count). The van der Waals surface area contributed by atoms with Gasteiger partial charge in [0.25, 0.3) is 11.6 Å². The number of benzene rings is 2. The molecular weight excluding hydrogens is 402 g/mol. The lowest BCUT2D eigenvalue weighted by molar-refractivity contribution is -0.384. The highest BCUT2D eigenvalue weighted by Crippen LogP contribution is 2.32. The van der Waals surface area contributed by atoms with Gasteiger partial charge in [-0.3, -0.25) is 14.9 Å². The summed E-state index contributed by atoms with van der Waals surface area (Å²) < 4.78 is 10.6. The van der Waals surface area contributed by atoms with E-state index in [1.807, 2.05) is 6.07 Å². The molecule has 0 saturated carbocycles. The number of unbranched alkanes of at least 4 members (excludes halogenated alkanes) is 1. The maximum Gasteiger partial charge on any atom is 0.270 e. The maximum absolute atomic E-state index is 12.9. The molecule has 1 unspecified atom stereocenters. The first-order valence-corrected chi connectivity index (χ1v) is 10.3. The summed E-state index contributed by atoms with van der Waals surface area (Å²) >= 11 is 0. The van der Waals surface area contributed by atoms with E-state index >= 15 is 0 Å². The third kappa shape index (κ3) is 5.85. The van der Waals surface area contributed by atoms with Gasteiger partial charge >= 0.3 is 0 Å². The molecular formula is C22H27N3O6. The lowest BCUT2D eigenvalue weighted by Gasteiger charge is -2.21. The summed E-state index contributed by atoms with van der Waals surface area (Å²) in [5, 5.41) is 26.7. The van der Waals surface area contributed by atoms with Crippen LogP contribution < -0.4 is 20.1 Å². The summed E-state index contributed by atoms with van der Waals surface area (Å²) in [6.45, 7) is 2.49. The van der Waals surface area contributed by atoms with Crippen LogP contribution >= 0.6 is 0 Å². The van der Waals surface area contributed by atoms with E-state index in [0.717, 1.165) is 24.8 Å². The number of hydrogen-bond donors (Lipinski definition) is 3. The molecule has 0 spiro atoms. The Labute approximate surface area is 180 Å². The number of fused-ring (bicyclic) bond motifs is 1. The molecule has 9 heteroatoms. The van der Waals surface area contributed by atoms with E-state index in [9.17, 15) is 20.0 Å². The first-order valence-electron chi connectivity index (χ1n) is 10.3. The minimum Gasteiger partial charge on any atom is -0.454 e. The zero-order valence-electron chi connectivity index (χ0n) is 17.4. The number of aliphatic hydroxyl groups is 1. The Kier molecular flexibility index (Phi) is 7.66. The van der Waals surface area contributed by atoms with Gasteiger partial charge in [0, 0.05) is 37.0 Å². The normalized spacial score (nSPS) is 13.0. The number of carbonyl (C=O) groups excluding carboxylic acids is 1. The van der Waals surface area contributed by atoms with E-state index in [2.05, 4.69) is 17.6 Å². The number of hydrogen-bond acceptors (Lipinski definition) is 7. The van der Waals surface area contributed by atoms with Crippen molar-refractivity contribution in [2.45, 2.75) is 45.2 Å². The molecule has 166 valence electrons. The molecule has 1 aliphatic heterocycles. The summed E-state index contributed by atoms with van der Waals surface area (Å²) in [6, 6.07) is 9.53. The van der Waals surface area contributed by atoms with Crippen LogP contribution in [0.3, 0.4) is 0 Å². The number of nitrogens with one attached hydrogen (secondary N) is 2. The third-order valence-corrected chi connectivity index (χ3v) is 5.09. The number of nitro benzene ring substituents is 1. The van der Waals surface area contributed by atoms with Crippen molar-refractivity contribution >= 4 is 17.3 Å². The summed E-state index contributed by atoms with van der Waals surface area (Å²) in [5.74, 6) is 0.844. The molecule has 1 amide bonds. The van der Waals surface area contributed by atoms with Gasteiger partial charge in [-0.25, -0.2) is 0 Å². The number of carbonyl (C=O) groups is 1. The Morgan fingerprint density at radius 2 is 2.00 bits per heavy atom. The lowest BCUT2D eigenvalue weighted by atomic mass is 10.0. The zero-order valence-corrected chi connectivity index (χ0v) is 17.4. The van der Waals surface area contributed by atoms with Gasteiger partial charge in [-0.05, 0) is 36.6 Å². The second-order valence-corrected chi connectivity index (χ2v) is 7.35. The molecule has 1 aliphatic rings. The van der Waals surface area contributed by atoms with Crippen molar-refractivity contribution in [1.82, 2.24) is 5.32 Å². The van der Waals surface area contributed by atoms with Crippen molar-refractivity contribution < 1.29 is 24.3 Å². The molecule has 0 radical (unpaired) electrons. The SMILES string of the molecule is CCCCC(CCO)Nc1ccc([N+](=O)[O-])cc1C(=O)NCc1ccc2c(c1)OCO2. The van der Waals surface area contributed by atoms with Crippen LogP contribution in [0.1, 0.15) is 48.5 Å². The van der Waals surface area contributed by atoms with Crippen LogP contribution in [0.4, 0.5) is 11.4 Å². The molecule has 3 N–H and O–H groups in total. The summed E-state index contributed by atoms with van der Waals surface area (Å²) in [6.07, 6.45) is 3.32. The molecule has 2 aromatic rings. The highest BCUT2D eigenvalue weighted by Gasteiger charge is 2.20. The van der Waals surface area contributed by atoms with Crippen LogP contribution in [0.5, 0.6) is 11.5 Å². The topological polar surface area (TPSA) is 123 Å². The smallest absolute Gasteiger partial charge is 0.270 e. The average Bonchev–Trinajstić information content (AvgIpc) is 3.24. The predicted molar refractivity (Wildman–Crippen MR) is 115 cm³/mol. The molecule has 0 aromatic heterocycles. The Morgan fingerprint density at radius 3 is 2.74 bits per heavy atom. The number of ether oxygens (including phenoxy) is 2. The van der Waals surface area contributed by atoms with E-state index in [4.69, 9.17) is 9.47 Å². The van der Waals surface area contributed by atoms with Gasteiger partial charge in [0.2, 0.25) is 6.79 Å². The third-order valence-electron chi connectivity index (χ3n) is 5.09. The number of non-ortho nitro benzene ring substituents is 1. The van der Waals surface area contributed by atoms with E-state index in [1.165, 1.54) is 12.1 Å². The van der Waals surface area contributed by atoms with Crippen molar-refractivity contribution in [2.24, 2.45) is 0 Å². The molecule has 1 heterocycles. The Bertz CT molecular complexity index is 933. The molecule has 2 aromatic carbocycles. The van der Waals surface area contributed by atoms with E-state index in [-0.39, 0.29) is 37.2 Å². The highest BCUT2D eigenvalue weighted by molar-refractivity contribution is 6.00. The Balaban J connectivity index is 1.77. The van der Waals surface area contributed by atoms with Gasteiger partial charge in [0.1, 0.15) is 0 Å². The minimum atomic E-state index is -0.527. The van der Waals surface area contributed by atoms with Gasteiger partial charge < -0.3 is 25.2 Å². The fraction of sp³-hybridized carbons (Fsp3) is 0.409. The van der Waals surface area contributed by atoms with Gasteiger partial charge in [-0.15, -0.1) is 0 Å².